The van der Waals surface area contributed by atoms with Crippen molar-refractivity contribution in [2.45, 2.75) is 38.6 Å². The van der Waals surface area contributed by atoms with Crippen LogP contribution < -0.4 is 0 Å². The van der Waals surface area contributed by atoms with Crippen LogP contribution in [0.1, 0.15) is 31.5 Å². The van der Waals surface area contributed by atoms with Crippen LogP contribution in [0.2, 0.25) is 10.0 Å². The van der Waals surface area contributed by atoms with Crippen LogP contribution in [0.3, 0.4) is 0 Å². The van der Waals surface area contributed by atoms with E-state index in [2.05, 4.69) is 4.57 Å². The van der Waals surface area contributed by atoms with E-state index >= 15 is 0 Å². The van der Waals surface area contributed by atoms with Crippen LogP contribution in [0.5, 0.6) is 0 Å². The molecule has 0 aliphatic heterocycles. The molecule has 2 saturated carbocycles. The van der Waals surface area contributed by atoms with Gasteiger partial charge in [0.15, 0.2) is 0 Å². The van der Waals surface area contributed by atoms with E-state index in [9.17, 15) is 0 Å². The fourth-order valence-electron chi connectivity index (χ4n) is 3.49. The lowest BCUT2D eigenvalue weighted by Gasteiger charge is -2.18. The van der Waals surface area contributed by atoms with Crippen LogP contribution in [0.25, 0.3) is 11.0 Å². The highest BCUT2D eigenvalue weighted by Crippen LogP contribution is 2.62. The van der Waals surface area contributed by atoms with Gasteiger partial charge in [-0.2, -0.15) is 0 Å². The second-order valence-corrected chi connectivity index (χ2v) is 7.64. The van der Waals surface area contributed by atoms with Gasteiger partial charge in [0.2, 0.25) is 0 Å². The summed E-state index contributed by atoms with van der Waals surface area (Å²) in [5, 5.41) is 1.16. The van der Waals surface area contributed by atoms with E-state index in [4.69, 9.17) is 39.8 Å². The predicted molar refractivity (Wildman–Crippen MR) is 88.6 cm³/mol. The van der Waals surface area contributed by atoms with E-state index in [0.717, 1.165) is 35.7 Å². The molecule has 5 heteroatoms. The van der Waals surface area contributed by atoms with Crippen LogP contribution in [0, 0.1) is 11.3 Å². The van der Waals surface area contributed by atoms with Gasteiger partial charge in [-0.1, -0.05) is 23.2 Å². The number of aromatic nitrogens is 2. The van der Waals surface area contributed by atoms with Gasteiger partial charge in [-0.15, -0.1) is 11.6 Å². The number of fused-ring (bicyclic) bond motifs is 1. The van der Waals surface area contributed by atoms with Gasteiger partial charge in [-0.25, -0.2) is 4.98 Å². The third-order valence-electron chi connectivity index (χ3n) is 5.00. The van der Waals surface area contributed by atoms with Crippen molar-refractivity contribution in [3.8, 4) is 0 Å². The predicted octanol–water partition coefficient (Wildman–Crippen LogP) is 5.31. The number of hydrogen-bond acceptors (Lipinski definition) is 1. The van der Waals surface area contributed by atoms with Crippen molar-refractivity contribution in [3.05, 3.63) is 28.0 Å². The van der Waals surface area contributed by atoms with Crippen molar-refractivity contribution in [1.82, 2.24) is 9.55 Å². The lowest BCUT2D eigenvalue weighted by atomic mass is 10.0. The highest BCUT2D eigenvalue weighted by Gasteiger charge is 2.54. The molecule has 0 spiro atoms. The first-order valence-electron chi connectivity index (χ1n) is 7.53. The molecule has 2 nitrogen and oxygen atoms in total. The van der Waals surface area contributed by atoms with Crippen molar-refractivity contribution in [2.24, 2.45) is 11.3 Å². The first-order valence-corrected chi connectivity index (χ1v) is 8.82. The van der Waals surface area contributed by atoms with Gasteiger partial charge in [-0.3, -0.25) is 0 Å². The van der Waals surface area contributed by atoms with Crippen molar-refractivity contribution < 1.29 is 0 Å². The maximum absolute atomic E-state index is 6.21. The molecule has 1 aromatic carbocycles. The summed E-state index contributed by atoms with van der Waals surface area (Å²) >= 11 is 18.3. The van der Waals surface area contributed by atoms with Gasteiger partial charge in [0.25, 0.3) is 0 Å². The van der Waals surface area contributed by atoms with Crippen LogP contribution in [0.4, 0.5) is 0 Å². The number of benzene rings is 1. The molecule has 0 radical (unpaired) electrons. The summed E-state index contributed by atoms with van der Waals surface area (Å²) < 4.78 is 2.34. The third-order valence-corrected chi connectivity index (χ3v) is 5.91. The van der Waals surface area contributed by atoms with Crippen LogP contribution in [0.15, 0.2) is 12.1 Å². The van der Waals surface area contributed by atoms with Crippen molar-refractivity contribution in [2.75, 3.05) is 5.88 Å². The van der Waals surface area contributed by atoms with E-state index in [0.29, 0.717) is 21.3 Å². The van der Waals surface area contributed by atoms with E-state index in [1.165, 1.54) is 25.7 Å². The van der Waals surface area contributed by atoms with Gasteiger partial charge in [0.05, 0.1) is 21.1 Å². The lowest BCUT2D eigenvalue weighted by Crippen LogP contribution is -2.16. The van der Waals surface area contributed by atoms with E-state index in [1.807, 2.05) is 12.1 Å². The Balaban J connectivity index is 1.80. The Hall–Kier alpha value is -0.440. The van der Waals surface area contributed by atoms with Crippen LogP contribution in [-0.2, 0) is 13.0 Å². The Bertz CT molecular complexity index is 699. The Morgan fingerprint density at radius 1 is 1.19 bits per heavy atom. The number of nitrogens with zero attached hydrogens (tertiary/aromatic N) is 2. The maximum atomic E-state index is 6.21. The molecular weight excluding hydrogens is 327 g/mol. The summed E-state index contributed by atoms with van der Waals surface area (Å²) in [4.78, 5) is 4.73. The highest BCUT2D eigenvalue weighted by atomic mass is 35.5. The topological polar surface area (TPSA) is 17.8 Å². The molecule has 0 bridgehead atoms. The quantitative estimate of drug-likeness (QED) is 0.672. The molecule has 0 atom stereocenters. The van der Waals surface area contributed by atoms with Gasteiger partial charge in [0, 0.05) is 18.8 Å². The average molecular weight is 344 g/mol. The summed E-state index contributed by atoms with van der Waals surface area (Å²) in [6.45, 7) is 1.05. The van der Waals surface area contributed by atoms with Crippen molar-refractivity contribution >= 4 is 45.8 Å². The minimum Gasteiger partial charge on any atom is -0.327 e. The van der Waals surface area contributed by atoms with Gasteiger partial charge < -0.3 is 4.57 Å². The van der Waals surface area contributed by atoms with Gasteiger partial charge in [0.1, 0.15) is 5.82 Å². The third kappa shape index (κ3) is 2.46. The standard InChI is InChI=1S/C16H17Cl3N2/c17-6-3-15-20-13-7-11(18)12(19)8-14(13)21(15)9-16(4-5-16)10-1-2-10/h7-8,10H,1-6,9H2. The minimum absolute atomic E-state index is 0.515. The Morgan fingerprint density at radius 3 is 2.52 bits per heavy atom. The second kappa shape index (κ2) is 5.04. The Morgan fingerprint density at radius 2 is 1.90 bits per heavy atom. The largest absolute Gasteiger partial charge is 0.327 e. The Labute approximate surface area is 139 Å². The molecule has 2 fully saturated rings. The van der Waals surface area contributed by atoms with Crippen molar-refractivity contribution in [1.29, 1.82) is 0 Å². The zero-order valence-electron chi connectivity index (χ0n) is 11.7. The van der Waals surface area contributed by atoms with E-state index in [1.54, 1.807) is 0 Å². The fourth-order valence-corrected chi connectivity index (χ4v) is 3.97. The molecule has 21 heavy (non-hydrogen) atoms. The molecule has 0 saturated heterocycles. The summed E-state index contributed by atoms with van der Waals surface area (Å²) in [5.74, 6) is 2.56. The van der Waals surface area contributed by atoms with E-state index in [-0.39, 0.29) is 0 Å². The number of rotatable bonds is 5. The fraction of sp³-hybridized carbons (Fsp3) is 0.562. The molecule has 1 heterocycles. The number of alkyl halides is 1. The SMILES string of the molecule is ClCCc1nc2cc(Cl)c(Cl)cc2n1CC1(C2CC2)CC1. The second-order valence-electron chi connectivity index (χ2n) is 6.44. The normalized spacial score (nSPS) is 20.1. The molecule has 4 rings (SSSR count). The van der Waals surface area contributed by atoms with Crippen molar-refractivity contribution in [3.63, 3.8) is 0 Å². The molecule has 0 N–H and O–H groups in total. The smallest absolute Gasteiger partial charge is 0.111 e. The maximum Gasteiger partial charge on any atom is 0.111 e. The highest BCUT2D eigenvalue weighted by molar-refractivity contribution is 6.42. The molecular formula is C16H17Cl3N2. The van der Waals surface area contributed by atoms with Gasteiger partial charge in [-0.05, 0) is 49.1 Å². The zero-order chi connectivity index (χ0) is 14.6. The summed E-state index contributed by atoms with van der Waals surface area (Å²) in [5.41, 5.74) is 2.54. The number of imidazole rings is 1. The summed E-state index contributed by atoms with van der Waals surface area (Å²) in [7, 11) is 0. The van der Waals surface area contributed by atoms with E-state index < -0.39 is 0 Å². The number of hydrogen-bond donors (Lipinski definition) is 0. The first-order chi connectivity index (χ1) is 10.1. The average Bonchev–Trinajstić information content (AvgIpc) is 3.33. The van der Waals surface area contributed by atoms with Gasteiger partial charge >= 0.3 is 0 Å². The molecule has 112 valence electrons. The first kappa shape index (κ1) is 14.2. The molecule has 2 aliphatic carbocycles. The Kier molecular flexibility index (Phi) is 3.40. The zero-order valence-corrected chi connectivity index (χ0v) is 14.0. The van der Waals surface area contributed by atoms with Crippen LogP contribution >= 0.6 is 34.8 Å². The number of halogens is 3. The molecule has 0 unspecified atom stereocenters. The number of aryl methyl sites for hydroxylation is 1. The summed E-state index contributed by atoms with van der Waals surface area (Å²) in [6.07, 6.45) is 6.26. The monoisotopic (exact) mass is 342 g/mol. The molecule has 1 aromatic heterocycles. The molecule has 0 amide bonds. The molecule has 2 aliphatic rings. The van der Waals surface area contributed by atoms with Crippen LogP contribution in [-0.4, -0.2) is 15.4 Å². The molecule has 2 aromatic rings. The lowest BCUT2D eigenvalue weighted by molar-refractivity contribution is 0.369. The summed E-state index contributed by atoms with van der Waals surface area (Å²) in [6, 6.07) is 3.82. The minimum atomic E-state index is 0.515.